The average molecular weight is 410 g/mol. The highest BCUT2D eigenvalue weighted by atomic mass is 19.1. The van der Waals surface area contributed by atoms with Crippen LogP contribution in [-0.4, -0.2) is 60.4 Å². The number of halogens is 1. The molecule has 8 heteroatoms. The second-order valence-electron chi connectivity index (χ2n) is 7.66. The van der Waals surface area contributed by atoms with Crippen LogP contribution in [0.3, 0.4) is 0 Å². The molecule has 0 aliphatic carbocycles. The van der Waals surface area contributed by atoms with E-state index in [0.717, 1.165) is 10.6 Å². The highest BCUT2D eigenvalue weighted by Gasteiger charge is 2.49. The molecule has 1 unspecified atom stereocenters. The van der Waals surface area contributed by atoms with Gasteiger partial charge in [0.1, 0.15) is 17.9 Å². The maximum absolute atomic E-state index is 13.1. The molecule has 4 amide bonds. The van der Waals surface area contributed by atoms with Crippen molar-refractivity contribution >= 4 is 23.5 Å². The van der Waals surface area contributed by atoms with Gasteiger partial charge in [0.2, 0.25) is 5.91 Å². The lowest BCUT2D eigenvalue weighted by Crippen LogP contribution is -2.52. The van der Waals surface area contributed by atoms with E-state index < -0.39 is 17.5 Å². The Labute approximate surface area is 174 Å². The van der Waals surface area contributed by atoms with Crippen LogP contribution in [0.5, 0.6) is 0 Å². The molecule has 1 N–H and O–H groups in total. The fraction of sp³-hybridized carbons (Fsp3) is 0.318. The predicted octanol–water partition coefficient (Wildman–Crippen LogP) is 1.94. The van der Waals surface area contributed by atoms with E-state index in [-0.39, 0.29) is 18.3 Å². The van der Waals surface area contributed by atoms with E-state index in [1.165, 1.54) is 12.1 Å². The van der Waals surface area contributed by atoms with Crippen LogP contribution in [-0.2, 0) is 15.1 Å². The number of imide groups is 1. The Bertz CT molecular complexity index is 958. The molecular weight excluding hydrogens is 387 g/mol. The van der Waals surface area contributed by atoms with Crippen LogP contribution in [0.4, 0.5) is 14.9 Å². The smallest absolute Gasteiger partial charge is 0.325 e. The van der Waals surface area contributed by atoms with E-state index in [2.05, 4.69) is 10.2 Å². The summed E-state index contributed by atoms with van der Waals surface area (Å²) in [4.78, 5) is 42.9. The Balaban J connectivity index is 1.38. The van der Waals surface area contributed by atoms with Gasteiger partial charge >= 0.3 is 6.03 Å². The van der Waals surface area contributed by atoms with Gasteiger partial charge in [-0.05, 0) is 36.8 Å². The van der Waals surface area contributed by atoms with Gasteiger partial charge in [0.05, 0.1) is 0 Å². The number of amides is 4. The van der Waals surface area contributed by atoms with Gasteiger partial charge in [-0.3, -0.25) is 14.5 Å². The van der Waals surface area contributed by atoms with Crippen molar-refractivity contribution in [2.75, 3.05) is 37.6 Å². The van der Waals surface area contributed by atoms with Crippen LogP contribution < -0.4 is 10.2 Å². The molecule has 2 aliphatic heterocycles. The van der Waals surface area contributed by atoms with Crippen LogP contribution in [0.25, 0.3) is 0 Å². The van der Waals surface area contributed by atoms with Gasteiger partial charge in [-0.15, -0.1) is 0 Å². The Morgan fingerprint density at radius 3 is 2.27 bits per heavy atom. The van der Waals surface area contributed by atoms with E-state index in [9.17, 15) is 18.8 Å². The van der Waals surface area contributed by atoms with Gasteiger partial charge < -0.3 is 15.1 Å². The molecule has 0 aromatic heterocycles. The van der Waals surface area contributed by atoms with Crippen molar-refractivity contribution < 1.29 is 18.8 Å². The molecule has 1 atom stereocenters. The average Bonchev–Trinajstić information content (AvgIpc) is 2.99. The Hall–Kier alpha value is -3.42. The van der Waals surface area contributed by atoms with Crippen molar-refractivity contribution in [1.82, 2.24) is 15.1 Å². The zero-order valence-corrected chi connectivity index (χ0v) is 16.7. The van der Waals surface area contributed by atoms with Crippen molar-refractivity contribution in [3.05, 3.63) is 66.0 Å². The second kappa shape index (κ2) is 7.78. The number of benzene rings is 2. The predicted molar refractivity (Wildman–Crippen MR) is 109 cm³/mol. The molecule has 2 aromatic rings. The van der Waals surface area contributed by atoms with Gasteiger partial charge in [-0.1, -0.05) is 30.3 Å². The summed E-state index contributed by atoms with van der Waals surface area (Å²) in [6.45, 7) is 3.49. The summed E-state index contributed by atoms with van der Waals surface area (Å²) in [7, 11) is 0. The molecule has 0 spiro atoms. The van der Waals surface area contributed by atoms with Crippen LogP contribution in [0.2, 0.25) is 0 Å². The normalized spacial score (nSPS) is 21.7. The molecule has 0 bridgehead atoms. The Kier molecular flexibility index (Phi) is 5.15. The summed E-state index contributed by atoms with van der Waals surface area (Å²) in [5.41, 5.74) is 0.391. The van der Waals surface area contributed by atoms with Gasteiger partial charge in [0, 0.05) is 31.9 Å². The molecule has 2 aromatic carbocycles. The number of nitrogens with zero attached hydrogens (tertiary/aromatic N) is 3. The van der Waals surface area contributed by atoms with E-state index >= 15 is 0 Å². The van der Waals surface area contributed by atoms with E-state index in [0.29, 0.717) is 31.7 Å². The third-order valence-electron chi connectivity index (χ3n) is 5.74. The largest absolute Gasteiger partial charge is 0.368 e. The number of carbonyl (C=O) groups is 3. The molecule has 2 saturated heterocycles. The number of hydrogen-bond acceptors (Lipinski definition) is 4. The number of piperazine rings is 1. The third-order valence-corrected chi connectivity index (χ3v) is 5.74. The first-order valence-corrected chi connectivity index (χ1v) is 9.86. The summed E-state index contributed by atoms with van der Waals surface area (Å²) in [6.07, 6.45) is 0. The van der Waals surface area contributed by atoms with Crippen LogP contribution >= 0.6 is 0 Å². The molecule has 30 heavy (non-hydrogen) atoms. The molecule has 2 heterocycles. The molecule has 0 saturated carbocycles. The Morgan fingerprint density at radius 1 is 1.00 bits per heavy atom. The van der Waals surface area contributed by atoms with Crippen molar-refractivity contribution in [2.24, 2.45) is 0 Å². The minimum absolute atomic E-state index is 0.269. The van der Waals surface area contributed by atoms with Gasteiger partial charge in [0.25, 0.3) is 5.91 Å². The summed E-state index contributed by atoms with van der Waals surface area (Å²) in [5.74, 6) is -0.991. The van der Waals surface area contributed by atoms with Crippen molar-refractivity contribution in [2.45, 2.75) is 12.5 Å². The zero-order valence-electron chi connectivity index (χ0n) is 16.7. The lowest BCUT2D eigenvalue weighted by atomic mass is 9.92. The summed E-state index contributed by atoms with van der Waals surface area (Å²) in [5, 5.41) is 2.72. The first-order valence-electron chi connectivity index (χ1n) is 9.86. The van der Waals surface area contributed by atoms with Crippen LogP contribution in [0.1, 0.15) is 12.5 Å². The van der Waals surface area contributed by atoms with E-state index in [4.69, 9.17) is 0 Å². The fourth-order valence-electron chi connectivity index (χ4n) is 3.91. The number of hydrogen-bond donors (Lipinski definition) is 1. The first-order chi connectivity index (χ1) is 14.4. The summed E-state index contributed by atoms with van der Waals surface area (Å²) >= 11 is 0. The number of anilines is 1. The number of urea groups is 1. The second-order valence-corrected chi connectivity index (χ2v) is 7.66. The standard InChI is InChI=1S/C22H23FN4O3/c1-22(16-5-3-2-4-6-16)20(29)27(21(30)24-22)15-19(28)26-13-11-25(12-14-26)18-9-7-17(23)8-10-18/h2-10H,11-15H2,1H3,(H,24,30). The SMILES string of the molecule is CC1(c2ccccc2)NC(=O)N(CC(=O)N2CCN(c3ccc(F)cc3)CC2)C1=O. The lowest BCUT2D eigenvalue weighted by Gasteiger charge is -2.36. The van der Waals surface area contributed by atoms with Crippen molar-refractivity contribution in [3.63, 3.8) is 0 Å². The first kappa shape index (κ1) is 19.9. The quantitative estimate of drug-likeness (QED) is 0.782. The minimum atomic E-state index is -1.18. The van der Waals surface area contributed by atoms with Gasteiger partial charge in [0.15, 0.2) is 0 Å². The van der Waals surface area contributed by atoms with E-state index in [1.54, 1.807) is 48.2 Å². The maximum Gasteiger partial charge on any atom is 0.325 e. The van der Waals surface area contributed by atoms with E-state index in [1.807, 2.05) is 6.07 Å². The molecule has 2 aliphatic rings. The fourth-order valence-corrected chi connectivity index (χ4v) is 3.91. The zero-order chi connectivity index (χ0) is 21.3. The molecule has 156 valence electrons. The Morgan fingerprint density at radius 2 is 1.63 bits per heavy atom. The minimum Gasteiger partial charge on any atom is -0.368 e. The molecule has 2 fully saturated rings. The molecule has 0 radical (unpaired) electrons. The van der Waals surface area contributed by atoms with Gasteiger partial charge in [-0.25, -0.2) is 9.18 Å². The van der Waals surface area contributed by atoms with Crippen molar-refractivity contribution in [3.8, 4) is 0 Å². The molecule has 4 rings (SSSR count). The monoisotopic (exact) mass is 410 g/mol. The molecule has 7 nitrogen and oxygen atoms in total. The third kappa shape index (κ3) is 3.60. The summed E-state index contributed by atoms with van der Waals surface area (Å²) in [6, 6.07) is 14.7. The maximum atomic E-state index is 13.1. The summed E-state index contributed by atoms with van der Waals surface area (Å²) < 4.78 is 13.1. The molecular formula is C22H23FN4O3. The van der Waals surface area contributed by atoms with Crippen LogP contribution in [0.15, 0.2) is 54.6 Å². The number of nitrogens with one attached hydrogen (secondary N) is 1. The lowest BCUT2D eigenvalue weighted by molar-refractivity contribution is -0.139. The number of rotatable bonds is 4. The van der Waals surface area contributed by atoms with Crippen molar-refractivity contribution in [1.29, 1.82) is 0 Å². The van der Waals surface area contributed by atoms with Crippen LogP contribution in [0, 0.1) is 5.82 Å². The highest BCUT2D eigenvalue weighted by Crippen LogP contribution is 2.28. The topological polar surface area (TPSA) is 73.0 Å². The van der Waals surface area contributed by atoms with Gasteiger partial charge in [-0.2, -0.15) is 0 Å². The number of carbonyl (C=O) groups excluding carboxylic acids is 3. The highest BCUT2D eigenvalue weighted by molar-refractivity contribution is 6.09.